The fraction of sp³-hybridized carbons (Fsp3) is 0.250. The molecule has 2 aromatic rings. The second-order valence-electron chi connectivity index (χ2n) is 4.79. The minimum atomic E-state index is -0.0596. The van der Waals surface area contributed by atoms with E-state index in [0.29, 0.717) is 17.2 Å². The van der Waals surface area contributed by atoms with E-state index in [1.807, 2.05) is 18.2 Å². The average molecular weight is 461 g/mol. The van der Waals surface area contributed by atoms with Gasteiger partial charge in [0.25, 0.3) is 0 Å². The van der Waals surface area contributed by atoms with Gasteiger partial charge in [-0.05, 0) is 52.7 Å². The van der Waals surface area contributed by atoms with Gasteiger partial charge >= 0.3 is 0 Å². The summed E-state index contributed by atoms with van der Waals surface area (Å²) >= 11 is 8.20. The summed E-state index contributed by atoms with van der Waals surface area (Å²) < 4.78 is 7.29. The molecule has 23 heavy (non-hydrogen) atoms. The summed E-state index contributed by atoms with van der Waals surface area (Å²) in [5.74, 6) is 0.519. The van der Waals surface area contributed by atoms with Gasteiger partial charge in [0, 0.05) is 22.8 Å². The number of carbonyl (C=O) groups is 2. The third-order valence-electron chi connectivity index (χ3n) is 2.93. The van der Waals surface area contributed by atoms with Crippen molar-refractivity contribution in [3.63, 3.8) is 0 Å². The van der Waals surface area contributed by atoms with Crippen LogP contribution >= 0.6 is 43.2 Å². The van der Waals surface area contributed by atoms with Gasteiger partial charge in [0.2, 0.25) is 11.7 Å². The minimum Gasteiger partial charge on any atom is -0.484 e. The molecule has 122 valence electrons. The smallest absolute Gasteiger partial charge is 0.216 e. The number of carbonyl (C=O) groups excluding carboxylic acids is 2. The zero-order chi connectivity index (χ0) is 16.8. The van der Waals surface area contributed by atoms with Crippen molar-refractivity contribution in [3.8, 4) is 5.75 Å². The second kappa shape index (κ2) is 8.61. The van der Waals surface area contributed by atoms with Crippen molar-refractivity contribution in [2.75, 3.05) is 13.2 Å². The SMILES string of the molecule is CC(=O)NCCc1ccc(C(=O)COc2ccc(Br)cc2Br)s1. The number of nitrogens with one attached hydrogen (secondary N) is 1. The van der Waals surface area contributed by atoms with Crippen LogP contribution in [0, 0.1) is 0 Å². The Kier molecular flexibility index (Phi) is 6.80. The number of halogens is 2. The molecule has 0 unspecified atom stereocenters. The molecule has 1 aromatic heterocycles. The molecule has 0 aliphatic rings. The number of amides is 1. The van der Waals surface area contributed by atoms with E-state index >= 15 is 0 Å². The fourth-order valence-electron chi connectivity index (χ4n) is 1.83. The van der Waals surface area contributed by atoms with Crippen LogP contribution in [0.3, 0.4) is 0 Å². The number of Topliss-reactive ketones (excluding diaryl/α,β-unsaturated/α-hetero) is 1. The number of hydrogen-bond acceptors (Lipinski definition) is 4. The van der Waals surface area contributed by atoms with Crippen molar-refractivity contribution in [2.24, 2.45) is 0 Å². The zero-order valence-electron chi connectivity index (χ0n) is 12.4. The molecule has 0 radical (unpaired) electrons. The highest BCUT2D eigenvalue weighted by Gasteiger charge is 2.11. The Balaban J connectivity index is 1.88. The van der Waals surface area contributed by atoms with Crippen LogP contribution < -0.4 is 10.1 Å². The Morgan fingerprint density at radius 2 is 2.00 bits per heavy atom. The Labute approximate surface area is 155 Å². The third kappa shape index (κ3) is 5.75. The van der Waals surface area contributed by atoms with Gasteiger partial charge in [0.1, 0.15) is 5.75 Å². The first kappa shape index (κ1) is 18.2. The lowest BCUT2D eigenvalue weighted by Gasteiger charge is -2.07. The standard InChI is InChI=1S/C16H15Br2NO3S/c1-10(20)19-7-6-12-3-5-16(23-12)14(21)9-22-15-4-2-11(17)8-13(15)18/h2-5,8H,6-7,9H2,1H3,(H,19,20). The van der Waals surface area contributed by atoms with Gasteiger partial charge in [-0.1, -0.05) is 15.9 Å². The Morgan fingerprint density at radius 3 is 2.70 bits per heavy atom. The molecule has 0 aliphatic heterocycles. The van der Waals surface area contributed by atoms with Crippen molar-refractivity contribution in [1.29, 1.82) is 0 Å². The average Bonchev–Trinajstić information content (AvgIpc) is 2.94. The maximum Gasteiger partial charge on any atom is 0.216 e. The number of thiophene rings is 1. The lowest BCUT2D eigenvalue weighted by Crippen LogP contribution is -2.22. The molecule has 1 amide bonds. The molecular formula is C16H15Br2NO3S. The molecule has 7 heteroatoms. The van der Waals surface area contributed by atoms with E-state index in [9.17, 15) is 9.59 Å². The lowest BCUT2D eigenvalue weighted by atomic mass is 10.3. The first-order valence-electron chi connectivity index (χ1n) is 6.90. The highest BCUT2D eigenvalue weighted by Crippen LogP contribution is 2.28. The molecule has 0 spiro atoms. The van der Waals surface area contributed by atoms with E-state index < -0.39 is 0 Å². The Hall–Kier alpha value is -1.18. The van der Waals surface area contributed by atoms with Gasteiger partial charge in [-0.15, -0.1) is 11.3 Å². The van der Waals surface area contributed by atoms with Crippen molar-refractivity contribution < 1.29 is 14.3 Å². The van der Waals surface area contributed by atoms with Crippen molar-refractivity contribution in [2.45, 2.75) is 13.3 Å². The topological polar surface area (TPSA) is 55.4 Å². The van der Waals surface area contributed by atoms with E-state index in [4.69, 9.17) is 4.74 Å². The predicted molar refractivity (Wildman–Crippen MR) is 98.4 cm³/mol. The summed E-state index contributed by atoms with van der Waals surface area (Å²) in [6.45, 7) is 2.05. The molecule has 1 N–H and O–H groups in total. The van der Waals surface area contributed by atoms with Gasteiger partial charge in [0.05, 0.1) is 9.35 Å². The molecule has 0 saturated carbocycles. The van der Waals surface area contributed by atoms with Gasteiger partial charge < -0.3 is 10.1 Å². The Bertz CT molecular complexity index is 715. The lowest BCUT2D eigenvalue weighted by molar-refractivity contribution is -0.118. The molecular weight excluding hydrogens is 446 g/mol. The number of ether oxygens (including phenoxy) is 1. The van der Waals surface area contributed by atoms with Crippen LogP contribution in [0.2, 0.25) is 0 Å². The highest BCUT2D eigenvalue weighted by molar-refractivity contribution is 9.11. The quantitative estimate of drug-likeness (QED) is 0.629. The van der Waals surface area contributed by atoms with Crippen LogP contribution in [0.1, 0.15) is 21.5 Å². The number of ketones is 1. The predicted octanol–water partition coefficient (Wildman–Crippen LogP) is 4.21. The molecule has 1 heterocycles. The van der Waals surface area contributed by atoms with Gasteiger partial charge in [-0.2, -0.15) is 0 Å². The van der Waals surface area contributed by atoms with Gasteiger partial charge in [0.15, 0.2) is 6.61 Å². The van der Waals surface area contributed by atoms with E-state index in [2.05, 4.69) is 37.2 Å². The van der Waals surface area contributed by atoms with Crippen LogP contribution in [0.4, 0.5) is 0 Å². The normalized spacial score (nSPS) is 10.4. The van der Waals surface area contributed by atoms with Gasteiger partial charge in [-0.25, -0.2) is 0 Å². The first-order valence-corrected chi connectivity index (χ1v) is 9.30. The molecule has 0 saturated heterocycles. The van der Waals surface area contributed by atoms with Crippen molar-refractivity contribution >= 4 is 54.9 Å². The summed E-state index contributed by atoms with van der Waals surface area (Å²) in [4.78, 5) is 24.7. The molecule has 0 fully saturated rings. The summed E-state index contributed by atoms with van der Waals surface area (Å²) in [5, 5.41) is 2.74. The number of hydrogen-bond donors (Lipinski definition) is 1. The molecule has 2 rings (SSSR count). The molecule has 0 bridgehead atoms. The highest BCUT2D eigenvalue weighted by atomic mass is 79.9. The second-order valence-corrected chi connectivity index (χ2v) is 7.72. The number of rotatable bonds is 7. The third-order valence-corrected chi connectivity index (χ3v) is 5.23. The van der Waals surface area contributed by atoms with E-state index in [-0.39, 0.29) is 18.3 Å². The molecule has 4 nitrogen and oxygen atoms in total. The van der Waals surface area contributed by atoms with Crippen LogP contribution in [0.25, 0.3) is 0 Å². The molecule has 0 aliphatic carbocycles. The van der Waals surface area contributed by atoms with Crippen LogP contribution in [-0.2, 0) is 11.2 Å². The molecule has 0 atom stereocenters. The number of benzene rings is 1. The van der Waals surface area contributed by atoms with Crippen LogP contribution in [-0.4, -0.2) is 24.8 Å². The van der Waals surface area contributed by atoms with E-state index in [1.165, 1.54) is 18.3 Å². The maximum atomic E-state index is 12.2. The zero-order valence-corrected chi connectivity index (χ0v) is 16.4. The summed E-state index contributed by atoms with van der Waals surface area (Å²) in [5.41, 5.74) is 0. The largest absolute Gasteiger partial charge is 0.484 e. The molecule has 1 aromatic carbocycles. The van der Waals surface area contributed by atoms with Crippen LogP contribution in [0.5, 0.6) is 5.75 Å². The van der Waals surface area contributed by atoms with Crippen molar-refractivity contribution in [3.05, 3.63) is 49.0 Å². The Morgan fingerprint density at radius 1 is 1.22 bits per heavy atom. The van der Waals surface area contributed by atoms with Crippen LogP contribution in [0.15, 0.2) is 39.3 Å². The van der Waals surface area contributed by atoms with Gasteiger partial charge in [-0.3, -0.25) is 9.59 Å². The van der Waals surface area contributed by atoms with Crippen molar-refractivity contribution in [1.82, 2.24) is 5.32 Å². The van der Waals surface area contributed by atoms with E-state index in [0.717, 1.165) is 20.2 Å². The maximum absolute atomic E-state index is 12.2. The summed E-state index contributed by atoms with van der Waals surface area (Å²) in [7, 11) is 0. The first-order chi connectivity index (χ1) is 11.0. The van der Waals surface area contributed by atoms with E-state index in [1.54, 1.807) is 12.1 Å². The summed E-state index contributed by atoms with van der Waals surface area (Å²) in [6, 6.07) is 9.24. The summed E-state index contributed by atoms with van der Waals surface area (Å²) in [6.07, 6.45) is 0.719. The minimum absolute atomic E-state index is 0.00805. The monoisotopic (exact) mass is 459 g/mol. The fourth-order valence-corrected chi connectivity index (χ4v) is 3.92.